The molecule has 3 heterocycles. The van der Waals surface area contributed by atoms with Crippen molar-refractivity contribution in [3.63, 3.8) is 0 Å². The van der Waals surface area contributed by atoms with E-state index < -0.39 is 0 Å². The third-order valence-electron chi connectivity index (χ3n) is 3.39. The van der Waals surface area contributed by atoms with Crippen LogP contribution in [-0.2, 0) is 0 Å². The number of pyridine rings is 1. The second-order valence-corrected chi connectivity index (χ2v) is 7.33. The number of hydrogen-bond donors (Lipinski definition) is 0. The van der Waals surface area contributed by atoms with Gasteiger partial charge in [-0.2, -0.15) is 0 Å². The third-order valence-corrected chi connectivity index (χ3v) is 5.27. The highest BCUT2D eigenvalue weighted by Crippen LogP contribution is 2.35. The summed E-state index contributed by atoms with van der Waals surface area (Å²) in [6.45, 7) is 2.05. The summed E-state index contributed by atoms with van der Waals surface area (Å²) < 4.78 is 5.79. The van der Waals surface area contributed by atoms with E-state index in [-0.39, 0.29) is 5.25 Å². The van der Waals surface area contributed by atoms with Crippen molar-refractivity contribution in [2.45, 2.75) is 17.2 Å². The molecule has 6 heteroatoms. The molecule has 1 atom stereocenters. The zero-order chi connectivity index (χ0) is 15.6. The first kappa shape index (κ1) is 14.4. The largest absolute Gasteiger partial charge is 0.419 e. The van der Waals surface area contributed by atoms with Crippen LogP contribution in [0, 0.1) is 0 Å². The maximum Gasteiger partial charge on any atom is 0.257 e. The molecule has 4 rings (SSSR count). The van der Waals surface area contributed by atoms with Crippen LogP contribution in [0.5, 0.6) is 0 Å². The normalized spacial score (nSPS) is 12.6. The summed E-state index contributed by atoms with van der Waals surface area (Å²) >= 11 is 3.21. The van der Waals surface area contributed by atoms with Gasteiger partial charge < -0.3 is 4.42 Å². The summed E-state index contributed by atoms with van der Waals surface area (Å²) in [4.78, 5) is 5.66. The van der Waals surface area contributed by atoms with Crippen LogP contribution in [0.4, 0.5) is 0 Å². The molecule has 0 bridgehead atoms. The van der Waals surface area contributed by atoms with Gasteiger partial charge in [-0.3, -0.25) is 0 Å². The molecule has 0 aliphatic carbocycles. The molecule has 0 radical (unpaired) electrons. The number of thiophene rings is 1. The molecule has 0 amide bonds. The van der Waals surface area contributed by atoms with Crippen molar-refractivity contribution in [1.29, 1.82) is 0 Å². The Bertz CT molecular complexity index is 934. The molecule has 4 aromatic rings. The molecule has 23 heavy (non-hydrogen) atoms. The second kappa shape index (κ2) is 6.14. The maximum atomic E-state index is 5.79. The first-order chi connectivity index (χ1) is 11.3. The van der Waals surface area contributed by atoms with Crippen molar-refractivity contribution in [2.75, 3.05) is 0 Å². The van der Waals surface area contributed by atoms with E-state index in [0.29, 0.717) is 11.8 Å². The number of benzene rings is 1. The van der Waals surface area contributed by atoms with E-state index in [2.05, 4.69) is 27.3 Å². The topological polar surface area (TPSA) is 51.8 Å². The number of hydrogen-bond acceptors (Lipinski definition) is 6. The lowest BCUT2D eigenvalue weighted by atomic mass is 10.2. The SMILES string of the molecule is C[C@@H](Sc1ccc2ccccc2n1)c1nnc(-c2cccs2)o1. The molecule has 1 aromatic carbocycles. The Kier molecular flexibility index (Phi) is 3.85. The molecule has 0 spiro atoms. The number of fused-ring (bicyclic) bond motifs is 1. The van der Waals surface area contributed by atoms with Gasteiger partial charge in [0.15, 0.2) is 0 Å². The summed E-state index contributed by atoms with van der Waals surface area (Å²) in [5.41, 5.74) is 0.995. The molecular weight excluding hydrogens is 326 g/mol. The van der Waals surface area contributed by atoms with Crippen molar-refractivity contribution in [1.82, 2.24) is 15.2 Å². The van der Waals surface area contributed by atoms with Crippen LogP contribution >= 0.6 is 23.1 Å². The third kappa shape index (κ3) is 3.00. The second-order valence-electron chi connectivity index (χ2n) is 5.03. The maximum absolute atomic E-state index is 5.79. The van der Waals surface area contributed by atoms with Gasteiger partial charge in [0.2, 0.25) is 5.89 Å². The quantitative estimate of drug-likeness (QED) is 0.478. The first-order valence-corrected chi connectivity index (χ1v) is 8.95. The molecule has 0 aliphatic heterocycles. The highest BCUT2D eigenvalue weighted by molar-refractivity contribution is 7.99. The van der Waals surface area contributed by atoms with Crippen molar-refractivity contribution in [2.24, 2.45) is 0 Å². The molecule has 114 valence electrons. The van der Waals surface area contributed by atoms with Crippen molar-refractivity contribution in [3.8, 4) is 10.8 Å². The Hall–Kier alpha value is -2.18. The molecule has 0 fully saturated rings. The van der Waals surface area contributed by atoms with E-state index in [1.54, 1.807) is 23.1 Å². The summed E-state index contributed by atoms with van der Waals surface area (Å²) in [5.74, 6) is 1.20. The number of para-hydroxylation sites is 1. The Balaban J connectivity index is 1.55. The highest BCUT2D eigenvalue weighted by atomic mass is 32.2. The van der Waals surface area contributed by atoms with Gasteiger partial charge in [0.25, 0.3) is 5.89 Å². The molecule has 3 aromatic heterocycles. The van der Waals surface area contributed by atoms with Gasteiger partial charge in [0.05, 0.1) is 20.7 Å². The average molecular weight is 339 g/mol. The summed E-state index contributed by atoms with van der Waals surface area (Å²) in [7, 11) is 0. The zero-order valence-electron chi connectivity index (χ0n) is 12.3. The fraction of sp³-hybridized carbons (Fsp3) is 0.118. The van der Waals surface area contributed by atoms with Crippen LogP contribution in [0.1, 0.15) is 18.1 Å². The first-order valence-electron chi connectivity index (χ1n) is 7.19. The smallest absolute Gasteiger partial charge is 0.257 e. The lowest BCUT2D eigenvalue weighted by Gasteiger charge is -2.06. The van der Waals surface area contributed by atoms with Crippen molar-refractivity contribution in [3.05, 3.63) is 59.8 Å². The molecule has 0 N–H and O–H groups in total. The number of nitrogens with zero attached hydrogens (tertiary/aromatic N) is 3. The molecular formula is C17H13N3OS2. The Morgan fingerprint density at radius 1 is 1.04 bits per heavy atom. The van der Waals surface area contributed by atoms with Crippen LogP contribution < -0.4 is 0 Å². The van der Waals surface area contributed by atoms with Gasteiger partial charge in [-0.1, -0.05) is 42.1 Å². The average Bonchev–Trinajstić information content (AvgIpc) is 3.26. The van der Waals surface area contributed by atoms with Crippen LogP contribution in [0.25, 0.3) is 21.7 Å². The van der Waals surface area contributed by atoms with Crippen molar-refractivity contribution >= 4 is 34.0 Å². The minimum atomic E-state index is 0.0462. The van der Waals surface area contributed by atoms with E-state index in [1.807, 2.05) is 48.7 Å². The van der Waals surface area contributed by atoms with Gasteiger partial charge in [0, 0.05) is 5.39 Å². The summed E-state index contributed by atoms with van der Waals surface area (Å²) in [6, 6.07) is 16.2. The van der Waals surface area contributed by atoms with Gasteiger partial charge >= 0.3 is 0 Å². The van der Waals surface area contributed by atoms with Crippen molar-refractivity contribution < 1.29 is 4.42 Å². The Labute approximate surface area is 141 Å². The molecule has 0 aliphatic rings. The van der Waals surface area contributed by atoms with E-state index >= 15 is 0 Å². The predicted octanol–water partition coefficient (Wildman–Crippen LogP) is 5.20. The standard InChI is InChI=1S/C17H13N3OS2/c1-11(16-19-20-17(21-16)14-7-4-10-22-14)23-15-9-8-12-5-2-3-6-13(12)18-15/h2-11H,1H3/t11-/m1/s1. The van der Waals surface area contributed by atoms with Crippen LogP contribution in [-0.4, -0.2) is 15.2 Å². The van der Waals surface area contributed by atoms with Gasteiger partial charge in [0.1, 0.15) is 0 Å². The van der Waals surface area contributed by atoms with E-state index in [9.17, 15) is 0 Å². The summed E-state index contributed by atoms with van der Waals surface area (Å²) in [6.07, 6.45) is 0. The van der Waals surface area contributed by atoms with E-state index in [4.69, 9.17) is 4.42 Å². The van der Waals surface area contributed by atoms with E-state index in [0.717, 1.165) is 20.8 Å². The number of thioether (sulfide) groups is 1. The van der Waals surface area contributed by atoms with Gasteiger partial charge in [-0.15, -0.1) is 21.5 Å². The molecule has 0 saturated heterocycles. The van der Waals surface area contributed by atoms with E-state index in [1.165, 1.54) is 0 Å². The molecule has 0 unspecified atom stereocenters. The monoisotopic (exact) mass is 339 g/mol. The minimum absolute atomic E-state index is 0.0462. The fourth-order valence-electron chi connectivity index (χ4n) is 2.24. The lowest BCUT2D eigenvalue weighted by Crippen LogP contribution is -1.90. The lowest BCUT2D eigenvalue weighted by molar-refractivity contribution is 0.510. The predicted molar refractivity (Wildman–Crippen MR) is 93.6 cm³/mol. The number of aromatic nitrogens is 3. The van der Waals surface area contributed by atoms with Crippen LogP contribution in [0.2, 0.25) is 0 Å². The Morgan fingerprint density at radius 3 is 2.83 bits per heavy atom. The van der Waals surface area contributed by atoms with Crippen LogP contribution in [0.3, 0.4) is 0 Å². The fourth-order valence-corrected chi connectivity index (χ4v) is 3.74. The Morgan fingerprint density at radius 2 is 1.96 bits per heavy atom. The van der Waals surface area contributed by atoms with Gasteiger partial charge in [-0.05, 0) is 30.5 Å². The van der Waals surface area contributed by atoms with Gasteiger partial charge in [-0.25, -0.2) is 4.98 Å². The zero-order valence-corrected chi connectivity index (χ0v) is 14.0. The van der Waals surface area contributed by atoms with Crippen LogP contribution in [0.15, 0.2) is 63.4 Å². The molecule has 4 nitrogen and oxygen atoms in total. The highest BCUT2D eigenvalue weighted by Gasteiger charge is 2.17. The minimum Gasteiger partial charge on any atom is -0.419 e. The number of rotatable bonds is 4. The summed E-state index contributed by atoms with van der Waals surface area (Å²) in [5, 5.41) is 12.4. The molecule has 0 saturated carbocycles.